The second kappa shape index (κ2) is 5.52. The highest BCUT2D eigenvalue weighted by Crippen LogP contribution is 2.14. The van der Waals surface area contributed by atoms with Gasteiger partial charge >= 0.3 is 17.2 Å². The van der Waals surface area contributed by atoms with Gasteiger partial charge in [-0.3, -0.25) is 24.3 Å². The second-order valence-corrected chi connectivity index (χ2v) is 5.74. The zero-order valence-corrected chi connectivity index (χ0v) is 12.3. The Balaban J connectivity index is 3.06. The van der Waals surface area contributed by atoms with Crippen LogP contribution in [0, 0.1) is 10.1 Å². The van der Waals surface area contributed by atoms with Gasteiger partial charge in [0.25, 0.3) is 0 Å². The lowest BCUT2D eigenvalue weighted by atomic mass is 10.2. The van der Waals surface area contributed by atoms with Crippen LogP contribution < -0.4 is 5.56 Å². The first-order chi connectivity index (χ1) is 8.60. The molecule has 7 nitrogen and oxygen atoms in total. The average molecular weight is 333 g/mol. The number of carbonyl (C=O) groups is 1. The third-order valence-corrected chi connectivity index (χ3v) is 2.38. The number of carbonyl (C=O) groups excluding carboxylic acids is 1. The monoisotopic (exact) mass is 332 g/mol. The van der Waals surface area contributed by atoms with Crippen molar-refractivity contribution in [2.75, 3.05) is 0 Å². The van der Waals surface area contributed by atoms with Crippen molar-refractivity contribution in [2.24, 2.45) is 0 Å². The van der Waals surface area contributed by atoms with E-state index < -0.39 is 27.7 Å². The number of esters is 1. The summed E-state index contributed by atoms with van der Waals surface area (Å²) >= 11 is 3.05. The van der Waals surface area contributed by atoms with Crippen LogP contribution in [0.1, 0.15) is 20.8 Å². The molecule has 0 atom stereocenters. The van der Waals surface area contributed by atoms with Crippen molar-refractivity contribution >= 4 is 27.6 Å². The number of nitrogens with zero attached hydrogens (tertiary/aromatic N) is 2. The van der Waals surface area contributed by atoms with Crippen molar-refractivity contribution < 1.29 is 14.5 Å². The third kappa shape index (κ3) is 4.47. The Morgan fingerprint density at radius 3 is 2.58 bits per heavy atom. The van der Waals surface area contributed by atoms with E-state index in [0.717, 1.165) is 10.6 Å². The lowest BCUT2D eigenvalue weighted by Gasteiger charge is -2.19. The summed E-state index contributed by atoms with van der Waals surface area (Å²) in [6, 6.07) is 1.09. The highest BCUT2D eigenvalue weighted by Gasteiger charge is 2.20. The van der Waals surface area contributed by atoms with Crippen molar-refractivity contribution in [2.45, 2.75) is 32.9 Å². The van der Waals surface area contributed by atoms with Crippen molar-refractivity contribution in [1.29, 1.82) is 0 Å². The molecule has 0 spiro atoms. The summed E-state index contributed by atoms with van der Waals surface area (Å²) < 4.78 is 6.33. The van der Waals surface area contributed by atoms with Gasteiger partial charge in [0.1, 0.15) is 12.1 Å². The number of halogens is 1. The Bertz CT molecular complexity index is 573. The molecule has 1 rings (SSSR count). The van der Waals surface area contributed by atoms with Crippen molar-refractivity contribution in [3.8, 4) is 0 Å². The molecule has 19 heavy (non-hydrogen) atoms. The second-order valence-electron chi connectivity index (χ2n) is 4.82. The van der Waals surface area contributed by atoms with E-state index in [1.807, 2.05) is 0 Å². The molecule has 0 aliphatic heterocycles. The molecule has 0 saturated carbocycles. The number of hydrogen-bond acceptors (Lipinski definition) is 5. The van der Waals surface area contributed by atoms with Gasteiger partial charge in [-0.05, 0) is 36.7 Å². The fourth-order valence-corrected chi connectivity index (χ4v) is 1.81. The lowest BCUT2D eigenvalue weighted by Crippen LogP contribution is -2.31. The molecule has 1 aromatic heterocycles. The maximum Gasteiger partial charge on any atom is 0.335 e. The summed E-state index contributed by atoms with van der Waals surface area (Å²) in [5.74, 6) is -0.637. The summed E-state index contributed by atoms with van der Waals surface area (Å²) in [4.78, 5) is 33.3. The molecule has 8 heteroatoms. The molecule has 0 aromatic carbocycles. The zero-order valence-electron chi connectivity index (χ0n) is 10.7. The van der Waals surface area contributed by atoms with E-state index >= 15 is 0 Å². The minimum atomic E-state index is -0.848. The first kappa shape index (κ1) is 15.4. The van der Waals surface area contributed by atoms with E-state index in [1.54, 1.807) is 20.8 Å². The van der Waals surface area contributed by atoms with Crippen LogP contribution in [-0.4, -0.2) is 21.1 Å². The van der Waals surface area contributed by atoms with Crippen LogP contribution in [-0.2, 0) is 16.1 Å². The van der Waals surface area contributed by atoms with E-state index in [2.05, 4.69) is 15.9 Å². The summed E-state index contributed by atoms with van der Waals surface area (Å²) in [7, 11) is 0. The zero-order chi connectivity index (χ0) is 14.8. The molecule has 0 aliphatic carbocycles. The van der Waals surface area contributed by atoms with Gasteiger partial charge in [-0.1, -0.05) is 0 Å². The SMILES string of the molecule is CC(C)(C)OC(=O)Cn1cc(Br)cc([N+](=O)[O-])c1=O. The predicted molar refractivity (Wildman–Crippen MR) is 70.9 cm³/mol. The first-order valence-electron chi connectivity index (χ1n) is 5.36. The lowest BCUT2D eigenvalue weighted by molar-refractivity contribution is -0.386. The maximum atomic E-state index is 11.8. The summed E-state index contributed by atoms with van der Waals surface area (Å²) in [5, 5.41) is 10.7. The fraction of sp³-hybridized carbons (Fsp3) is 0.455. The van der Waals surface area contributed by atoms with Gasteiger partial charge in [-0.15, -0.1) is 0 Å². The maximum absolute atomic E-state index is 11.8. The molecule has 0 saturated heterocycles. The molecule has 0 unspecified atom stereocenters. The molecular formula is C11H13BrN2O5. The van der Waals surface area contributed by atoms with Crippen LogP contribution >= 0.6 is 15.9 Å². The van der Waals surface area contributed by atoms with Crippen LogP contribution in [0.3, 0.4) is 0 Å². The number of pyridine rings is 1. The molecule has 0 aliphatic rings. The smallest absolute Gasteiger partial charge is 0.335 e. The quantitative estimate of drug-likeness (QED) is 0.478. The van der Waals surface area contributed by atoms with Gasteiger partial charge in [0.2, 0.25) is 0 Å². The molecule has 0 radical (unpaired) electrons. The van der Waals surface area contributed by atoms with Crippen molar-refractivity contribution in [3.05, 3.63) is 37.2 Å². The molecule has 1 aromatic rings. The number of hydrogen-bond donors (Lipinski definition) is 0. The van der Waals surface area contributed by atoms with Gasteiger partial charge < -0.3 is 4.74 Å². The predicted octanol–water partition coefficient (Wildman–Crippen LogP) is 1.86. The first-order valence-corrected chi connectivity index (χ1v) is 6.15. The van der Waals surface area contributed by atoms with E-state index in [9.17, 15) is 19.7 Å². The standard InChI is InChI=1S/C11H13BrN2O5/c1-11(2,3)19-9(15)6-13-5-7(12)4-8(10(13)16)14(17)18/h4-5H,6H2,1-3H3. The number of rotatable bonds is 3. The highest BCUT2D eigenvalue weighted by molar-refractivity contribution is 9.10. The number of aromatic nitrogens is 1. The van der Waals surface area contributed by atoms with Crippen LogP contribution in [0.15, 0.2) is 21.5 Å². The molecule has 0 fully saturated rings. The Morgan fingerprint density at radius 2 is 2.11 bits per heavy atom. The number of ether oxygens (including phenoxy) is 1. The van der Waals surface area contributed by atoms with E-state index in [4.69, 9.17) is 4.74 Å². The molecule has 1 heterocycles. The molecule has 104 valence electrons. The Kier molecular flexibility index (Phi) is 4.46. The number of nitro groups is 1. The minimum Gasteiger partial charge on any atom is -0.459 e. The van der Waals surface area contributed by atoms with E-state index in [0.29, 0.717) is 4.47 Å². The molecular weight excluding hydrogens is 320 g/mol. The van der Waals surface area contributed by atoms with Gasteiger partial charge in [-0.2, -0.15) is 0 Å². The summed E-state index contributed by atoms with van der Waals surface area (Å²) in [6.07, 6.45) is 1.30. The van der Waals surface area contributed by atoms with Gasteiger partial charge in [0.05, 0.1) is 4.92 Å². The molecule has 0 bridgehead atoms. The van der Waals surface area contributed by atoms with Crippen LogP contribution in [0.25, 0.3) is 0 Å². The van der Waals surface area contributed by atoms with E-state index in [-0.39, 0.29) is 6.54 Å². The largest absolute Gasteiger partial charge is 0.459 e. The van der Waals surface area contributed by atoms with Gasteiger partial charge in [-0.25, -0.2) is 0 Å². The van der Waals surface area contributed by atoms with Crippen molar-refractivity contribution in [1.82, 2.24) is 4.57 Å². The van der Waals surface area contributed by atoms with E-state index in [1.165, 1.54) is 6.20 Å². The Morgan fingerprint density at radius 1 is 1.53 bits per heavy atom. The Hall–Kier alpha value is -1.70. The minimum absolute atomic E-state index is 0.336. The summed E-state index contributed by atoms with van der Waals surface area (Å²) in [5.41, 5.74) is -2.13. The third-order valence-electron chi connectivity index (χ3n) is 1.95. The Labute approximate surface area is 117 Å². The topological polar surface area (TPSA) is 91.4 Å². The van der Waals surface area contributed by atoms with Gasteiger partial charge in [0.15, 0.2) is 0 Å². The summed E-state index contributed by atoms with van der Waals surface area (Å²) in [6.45, 7) is 4.70. The molecule has 0 N–H and O–H groups in total. The van der Waals surface area contributed by atoms with Crippen LogP contribution in [0.5, 0.6) is 0 Å². The van der Waals surface area contributed by atoms with Gasteiger partial charge in [0, 0.05) is 16.7 Å². The molecule has 0 amide bonds. The highest BCUT2D eigenvalue weighted by atomic mass is 79.9. The van der Waals surface area contributed by atoms with Crippen LogP contribution in [0.4, 0.5) is 5.69 Å². The fourth-order valence-electron chi connectivity index (χ4n) is 1.35. The average Bonchev–Trinajstić information content (AvgIpc) is 2.19. The normalized spacial score (nSPS) is 11.2. The van der Waals surface area contributed by atoms with Crippen LogP contribution in [0.2, 0.25) is 0 Å². The van der Waals surface area contributed by atoms with Crippen molar-refractivity contribution in [3.63, 3.8) is 0 Å².